The lowest BCUT2D eigenvalue weighted by Gasteiger charge is -2.14. The first-order valence-electron chi connectivity index (χ1n) is 4.66. The Morgan fingerprint density at radius 3 is 2.50 bits per heavy atom. The van der Waals surface area contributed by atoms with E-state index in [2.05, 4.69) is 0 Å². The summed E-state index contributed by atoms with van der Waals surface area (Å²) >= 11 is 5.72. The maximum absolute atomic E-state index is 13.2. The van der Waals surface area contributed by atoms with Crippen molar-refractivity contribution in [2.75, 3.05) is 13.3 Å². The lowest BCUT2D eigenvalue weighted by Crippen LogP contribution is -2.25. The molecule has 0 aliphatic rings. The molecule has 100 valence electrons. The first kappa shape index (κ1) is 14.8. The van der Waals surface area contributed by atoms with Gasteiger partial charge in [-0.05, 0) is 11.6 Å². The number of nitro benzene ring substituents is 1. The van der Waals surface area contributed by atoms with E-state index in [0.717, 1.165) is 22.7 Å². The third-order valence-corrected chi connectivity index (χ3v) is 3.88. The summed E-state index contributed by atoms with van der Waals surface area (Å²) in [7, 11) is -2.16. The Kier molecular flexibility index (Phi) is 4.25. The summed E-state index contributed by atoms with van der Waals surface area (Å²) in [6.45, 7) is -0.168. The van der Waals surface area contributed by atoms with Gasteiger partial charge < -0.3 is 0 Å². The molecule has 0 aliphatic heterocycles. The minimum absolute atomic E-state index is 0.0615. The van der Waals surface area contributed by atoms with Crippen molar-refractivity contribution in [3.05, 3.63) is 38.7 Å². The zero-order valence-electron chi connectivity index (χ0n) is 9.55. The van der Waals surface area contributed by atoms with Crippen LogP contribution in [0.15, 0.2) is 12.1 Å². The lowest BCUT2D eigenvalue weighted by atomic mass is 10.2. The van der Waals surface area contributed by atoms with Gasteiger partial charge in [0.15, 0.2) is 0 Å². The largest absolute Gasteiger partial charge is 0.305 e. The van der Waals surface area contributed by atoms with E-state index in [1.807, 2.05) is 0 Å². The van der Waals surface area contributed by atoms with E-state index in [1.54, 1.807) is 0 Å². The van der Waals surface area contributed by atoms with Crippen LogP contribution in [0.5, 0.6) is 0 Å². The molecule has 9 heteroatoms. The van der Waals surface area contributed by atoms with Crippen LogP contribution >= 0.6 is 11.6 Å². The Morgan fingerprint density at radius 2 is 2.06 bits per heavy atom. The number of sulfonamides is 1. The van der Waals surface area contributed by atoms with Gasteiger partial charge in [0.1, 0.15) is 0 Å². The van der Waals surface area contributed by atoms with Crippen molar-refractivity contribution in [3.63, 3.8) is 0 Å². The Morgan fingerprint density at radius 1 is 1.50 bits per heavy atom. The van der Waals surface area contributed by atoms with E-state index in [1.165, 1.54) is 7.05 Å². The third-order valence-electron chi connectivity index (χ3n) is 2.27. The number of halogens is 2. The van der Waals surface area contributed by atoms with Gasteiger partial charge in [-0.1, -0.05) is 11.6 Å². The molecule has 6 nitrogen and oxygen atoms in total. The highest BCUT2D eigenvalue weighted by molar-refractivity contribution is 7.88. The summed E-state index contributed by atoms with van der Waals surface area (Å²) in [5.74, 6) is -1.06. The molecular weight excluding hydrogens is 287 g/mol. The highest BCUT2D eigenvalue weighted by Gasteiger charge is 2.20. The van der Waals surface area contributed by atoms with Crippen molar-refractivity contribution >= 4 is 27.3 Å². The number of rotatable bonds is 4. The molecule has 0 heterocycles. The Hall–Kier alpha value is -1.25. The summed E-state index contributed by atoms with van der Waals surface area (Å²) < 4.78 is 36.6. The van der Waals surface area contributed by atoms with E-state index in [-0.39, 0.29) is 17.1 Å². The molecule has 0 bridgehead atoms. The minimum atomic E-state index is -3.45. The van der Waals surface area contributed by atoms with Crippen molar-refractivity contribution in [1.29, 1.82) is 0 Å². The summed E-state index contributed by atoms with van der Waals surface area (Å²) in [5.41, 5.74) is -0.575. The van der Waals surface area contributed by atoms with Gasteiger partial charge in [0.05, 0.1) is 11.2 Å². The quantitative estimate of drug-likeness (QED) is 0.626. The van der Waals surface area contributed by atoms with Crippen LogP contribution in [0, 0.1) is 15.9 Å². The number of nitrogens with zero attached hydrogens (tertiary/aromatic N) is 2. The van der Waals surface area contributed by atoms with Gasteiger partial charge in [0.25, 0.3) is 0 Å². The van der Waals surface area contributed by atoms with Crippen LogP contribution in [0.4, 0.5) is 10.1 Å². The van der Waals surface area contributed by atoms with Crippen molar-refractivity contribution in [2.24, 2.45) is 0 Å². The second-order valence-corrected chi connectivity index (χ2v) is 6.17. The highest BCUT2D eigenvalue weighted by Crippen LogP contribution is 2.26. The van der Waals surface area contributed by atoms with Gasteiger partial charge >= 0.3 is 5.69 Å². The minimum Gasteiger partial charge on any atom is -0.258 e. The molecule has 1 aromatic carbocycles. The van der Waals surface area contributed by atoms with Crippen LogP contribution in [-0.4, -0.2) is 30.9 Å². The molecule has 0 saturated carbocycles. The molecule has 0 amide bonds. The Bertz CT molecular complexity index is 590. The average molecular weight is 297 g/mol. The molecule has 0 atom stereocenters. The van der Waals surface area contributed by atoms with Crippen LogP contribution in [0.2, 0.25) is 5.02 Å². The SMILES string of the molecule is CN(Cc1cc([N+](=O)[O-])c(F)cc1Cl)S(C)(=O)=O. The van der Waals surface area contributed by atoms with Crippen LogP contribution in [0.3, 0.4) is 0 Å². The van der Waals surface area contributed by atoms with E-state index in [4.69, 9.17) is 11.6 Å². The van der Waals surface area contributed by atoms with E-state index in [9.17, 15) is 22.9 Å². The highest BCUT2D eigenvalue weighted by atomic mass is 35.5. The number of hydrogen-bond donors (Lipinski definition) is 0. The summed E-state index contributed by atoms with van der Waals surface area (Å²) in [6, 6.07) is 1.73. The zero-order valence-corrected chi connectivity index (χ0v) is 11.1. The predicted molar refractivity (Wildman–Crippen MR) is 64.4 cm³/mol. The van der Waals surface area contributed by atoms with Crippen LogP contribution in [-0.2, 0) is 16.6 Å². The topological polar surface area (TPSA) is 80.5 Å². The van der Waals surface area contributed by atoms with Crippen LogP contribution in [0.25, 0.3) is 0 Å². The van der Waals surface area contributed by atoms with E-state index >= 15 is 0 Å². The van der Waals surface area contributed by atoms with Crippen LogP contribution < -0.4 is 0 Å². The van der Waals surface area contributed by atoms with Gasteiger partial charge in [0, 0.05) is 24.7 Å². The summed E-state index contributed by atoms with van der Waals surface area (Å²) in [6.07, 6.45) is 0.985. The van der Waals surface area contributed by atoms with Crippen molar-refractivity contribution in [3.8, 4) is 0 Å². The fourth-order valence-electron chi connectivity index (χ4n) is 1.20. The average Bonchev–Trinajstić information content (AvgIpc) is 2.19. The molecule has 0 aromatic heterocycles. The number of benzene rings is 1. The monoisotopic (exact) mass is 296 g/mol. The van der Waals surface area contributed by atoms with Crippen LogP contribution in [0.1, 0.15) is 5.56 Å². The third kappa shape index (κ3) is 3.37. The standard InChI is InChI=1S/C9H10ClFN2O4S/c1-12(18(2,16)17)5-6-3-9(13(14)15)8(11)4-7(6)10/h3-4H,5H2,1-2H3. The molecule has 1 aromatic rings. The van der Waals surface area contributed by atoms with Gasteiger partial charge in [0.2, 0.25) is 15.8 Å². The van der Waals surface area contributed by atoms with E-state index < -0.39 is 26.5 Å². The summed E-state index contributed by atoms with van der Waals surface area (Å²) in [5, 5.41) is 10.5. The van der Waals surface area contributed by atoms with Gasteiger partial charge in [-0.2, -0.15) is 4.39 Å². The fourth-order valence-corrected chi connectivity index (χ4v) is 1.78. The maximum Gasteiger partial charge on any atom is 0.305 e. The maximum atomic E-state index is 13.2. The Labute approximate surface area is 108 Å². The molecule has 0 N–H and O–H groups in total. The van der Waals surface area contributed by atoms with Crippen molar-refractivity contribution < 1.29 is 17.7 Å². The number of nitro groups is 1. The van der Waals surface area contributed by atoms with E-state index in [0.29, 0.717) is 0 Å². The van der Waals surface area contributed by atoms with Gasteiger partial charge in [-0.15, -0.1) is 0 Å². The molecular formula is C9H10ClFN2O4S. The molecule has 0 radical (unpaired) electrons. The lowest BCUT2D eigenvalue weighted by molar-refractivity contribution is -0.387. The van der Waals surface area contributed by atoms with Crippen molar-refractivity contribution in [2.45, 2.75) is 6.54 Å². The van der Waals surface area contributed by atoms with Gasteiger partial charge in [-0.3, -0.25) is 10.1 Å². The molecule has 0 aliphatic carbocycles. The van der Waals surface area contributed by atoms with Gasteiger partial charge in [-0.25, -0.2) is 12.7 Å². The zero-order chi connectivity index (χ0) is 14.1. The number of hydrogen-bond acceptors (Lipinski definition) is 4. The molecule has 0 spiro atoms. The smallest absolute Gasteiger partial charge is 0.258 e. The first-order valence-corrected chi connectivity index (χ1v) is 6.89. The first-order chi connectivity index (χ1) is 8.12. The molecule has 1 rings (SSSR count). The summed E-state index contributed by atoms with van der Waals surface area (Å²) in [4.78, 5) is 9.67. The molecule has 0 saturated heterocycles. The second-order valence-electron chi connectivity index (χ2n) is 3.67. The normalized spacial score (nSPS) is 11.8. The predicted octanol–water partition coefficient (Wildman–Crippen LogP) is 1.78. The Balaban J connectivity index is 3.18. The molecule has 18 heavy (non-hydrogen) atoms. The second kappa shape index (κ2) is 5.17. The molecule has 0 unspecified atom stereocenters. The molecule has 0 fully saturated rings. The fraction of sp³-hybridized carbons (Fsp3) is 0.333. The van der Waals surface area contributed by atoms with Crippen molar-refractivity contribution in [1.82, 2.24) is 4.31 Å².